The summed E-state index contributed by atoms with van der Waals surface area (Å²) in [5, 5.41) is 10.4. The van der Waals surface area contributed by atoms with Gasteiger partial charge in [0.1, 0.15) is 11.5 Å². The first-order valence-corrected chi connectivity index (χ1v) is 9.82. The van der Waals surface area contributed by atoms with E-state index in [2.05, 4.69) is 18.7 Å². The van der Waals surface area contributed by atoms with Crippen LogP contribution in [0.15, 0.2) is 76.1 Å². The third kappa shape index (κ3) is 3.98. The van der Waals surface area contributed by atoms with Crippen LogP contribution in [0.3, 0.4) is 0 Å². The minimum absolute atomic E-state index is 0.0398. The van der Waals surface area contributed by atoms with Gasteiger partial charge in [0.05, 0.1) is 43.0 Å². The maximum absolute atomic E-state index is 12.9. The molecule has 1 aliphatic heterocycles. The van der Waals surface area contributed by atoms with E-state index in [1.807, 2.05) is 0 Å². The van der Waals surface area contributed by atoms with Crippen molar-refractivity contribution < 1.29 is 19.1 Å². The van der Waals surface area contributed by atoms with Gasteiger partial charge in [0.2, 0.25) is 0 Å². The molecule has 2 N–H and O–H groups in total. The molecular formula is C22H18ClN3O4S. The van der Waals surface area contributed by atoms with Gasteiger partial charge in [0, 0.05) is 9.92 Å². The number of allylic oxidation sites excluding steroid dienone is 1. The molecule has 2 aromatic carbocycles. The highest BCUT2D eigenvalue weighted by molar-refractivity contribution is 7.80. The monoisotopic (exact) mass is 455 g/mol. The third-order valence-corrected chi connectivity index (χ3v) is 5.38. The van der Waals surface area contributed by atoms with Gasteiger partial charge in [0.15, 0.2) is 0 Å². The van der Waals surface area contributed by atoms with Crippen molar-refractivity contribution in [3.63, 3.8) is 0 Å². The van der Waals surface area contributed by atoms with Crippen LogP contribution in [0, 0.1) is 11.3 Å². The summed E-state index contributed by atoms with van der Waals surface area (Å²) in [4.78, 5) is 27.5. The van der Waals surface area contributed by atoms with E-state index >= 15 is 0 Å². The van der Waals surface area contributed by atoms with Gasteiger partial charge < -0.3 is 15.2 Å². The van der Waals surface area contributed by atoms with Crippen molar-refractivity contribution in [1.29, 1.82) is 5.26 Å². The highest BCUT2D eigenvalue weighted by Gasteiger charge is 2.43. The van der Waals surface area contributed by atoms with E-state index in [-0.39, 0.29) is 22.7 Å². The molecule has 0 fully saturated rings. The number of nitriles is 1. The lowest BCUT2D eigenvalue weighted by Crippen LogP contribution is -2.41. The van der Waals surface area contributed by atoms with Crippen molar-refractivity contribution in [2.45, 2.75) is 10.8 Å². The Kier molecular flexibility index (Phi) is 6.59. The lowest BCUT2D eigenvalue weighted by molar-refractivity contribution is -0.139. The maximum atomic E-state index is 12.9. The van der Waals surface area contributed by atoms with Gasteiger partial charge in [-0.3, -0.25) is 4.90 Å². The number of anilines is 1. The van der Waals surface area contributed by atoms with E-state index in [9.17, 15) is 14.9 Å². The number of nitrogens with zero attached hydrogens (tertiary/aromatic N) is 2. The standard InChI is InChI=1S/C22H18ClN3O4S/c1-29-21(27)18-17(12-6-4-3-5-7-12)14(11-24)20(25)26(19(18)22(28)30-2)15-9-8-13(23)10-16(15)31/h3-10,17,31H,25H2,1-2H3. The lowest BCUT2D eigenvalue weighted by Gasteiger charge is -2.36. The number of rotatable bonds is 4. The van der Waals surface area contributed by atoms with E-state index < -0.39 is 17.9 Å². The average Bonchev–Trinajstić information content (AvgIpc) is 2.78. The van der Waals surface area contributed by atoms with Crippen molar-refractivity contribution in [3.05, 3.63) is 81.8 Å². The Labute approximate surface area is 189 Å². The fraction of sp³-hybridized carbons (Fsp3) is 0.136. The zero-order chi connectivity index (χ0) is 22.7. The summed E-state index contributed by atoms with van der Waals surface area (Å²) < 4.78 is 9.96. The molecule has 0 aliphatic carbocycles. The molecule has 7 nitrogen and oxygen atoms in total. The summed E-state index contributed by atoms with van der Waals surface area (Å²) in [6.07, 6.45) is 0. The second kappa shape index (κ2) is 9.16. The van der Waals surface area contributed by atoms with Crippen molar-refractivity contribution >= 4 is 41.9 Å². The van der Waals surface area contributed by atoms with Gasteiger partial charge in [-0.05, 0) is 23.8 Å². The topological polar surface area (TPSA) is 106 Å². The Morgan fingerprint density at radius 2 is 1.77 bits per heavy atom. The van der Waals surface area contributed by atoms with E-state index in [0.717, 1.165) is 0 Å². The Balaban J connectivity index is 2.43. The van der Waals surface area contributed by atoms with Gasteiger partial charge in [0.25, 0.3) is 0 Å². The van der Waals surface area contributed by atoms with E-state index in [1.54, 1.807) is 48.5 Å². The zero-order valence-corrected chi connectivity index (χ0v) is 18.3. The second-order valence-corrected chi connectivity index (χ2v) is 7.39. The number of methoxy groups -OCH3 is 2. The summed E-state index contributed by atoms with van der Waals surface area (Å²) in [7, 11) is 2.37. The number of carbonyl (C=O) groups excluding carboxylic acids is 2. The SMILES string of the molecule is COC(=O)C1=C(C(=O)OC)N(c2ccc(Cl)cc2S)C(N)=C(C#N)C1c1ccccc1. The number of carbonyl (C=O) groups is 2. The molecule has 0 radical (unpaired) electrons. The molecule has 1 aliphatic rings. The average molecular weight is 456 g/mol. The Morgan fingerprint density at radius 1 is 1.13 bits per heavy atom. The molecule has 1 unspecified atom stereocenters. The van der Waals surface area contributed by atoms with Gasteiger partial charge in [-0.15, -0.1) is 12.6 Å². The quantitative estimate of drug-likeness (QED) is 0.536. The first-order valence-electron chi connectivity index (χ1n) is 8.99. The normalized spacial score (nSPS) is 16.1. The molecule has 0 amide bonds. The minimum atomic E-state index is -0.931. The van der Waals surface area contributed by atoms with Crippen LogP contribution in [0.5, 0.6) is 0 Å². The molecule has 0 saturated heterocycles. The first-order chi connectivity index (χ1) is 14.8. The predicted molar refractivity (Wildman–Crippen MR) is 118 cm³/mol. The molecule has 0 saturated carbocycles. The number of hydrogen-bond donors (Lipinski definition) is 2. The molecule has 158 valence electrons. The smallest absolute Gasteiger partial charge is 0.355 e. The Hall–Kier alpha value is -3.41. The lowest BCUT2D eigenvalue weighted by atomic mass is 9.81. The predicted octanol–water partition coefficient (Wildman–Crippen LogP) is 3.53. The number of ether oxygens (including phenoxy) is 2. The molecule has 1 heterocycles. The zero-order valence-electron chi connectivity index (χ0n) is 16.6. The molecule has 9 heteroatoms. The van der Waals surface area contributed by atoms with Gasteiger partial charge in [-0.2, -0.15) is 5.26 Å². The molecule has 3 rings (SSSR count). The number of halogens is 1. The number of esters is 2. The van der Waals surface area contributed by atoms with Crippen LogP contribution in [-0.4, -0.2) is 26.2 Å². The molecule has 1 atom stereocenters. The Bertz CT molecular complexity index is 1160. The van der Waals surface area contributed by atoms with Crippen LogP contribution in [-0.2, 0) is 19.1 Å². The minimum Gasteiger partial charge on any atom is -0.466 e. The highest BCUT2D eigenvalue weighted by Crippen LogP contribution is 2.44. The largest absolute Gasteiger partial charge is 0.466 e. The molecule has 0 aromatic heterocycles. The maximum Gasteiger partial charge on any atom is 0.355 e. The summed E-state index contributed by atoms with van der Waals surface area (Å²) >= 11 is 10.5. The van der Waals surface area contributed by atoms with E-state index in [4.69, 9.17) is 26.8 Å². The van der Waals surface area contributed by atoms with Crippen LogP contribution < -0.4 is 10.6 Å². The molecular weight excluding hydrogens is 438 g/mol. The van der Waals surface area contributed by atoms with Crippen molar-refractivity contribution in [3.8, 4) is 6.07 Å². The van der Waals surface area contributed by atoms with Crippen LogP contribution in [0.4, 0.5) is 5.69 Å². The van der Waals surface area contributed by atoms with Crippen LogP contribution in [0.25, 0.3) is 0 Å². The summed E-state index contributed by atoms with van der Waals surface area (Å²) in [5.74, 6) is -2.60. The fourth-order valence-electron chi connectivity index (χ4n) is 3.45. The van der Waals surface area contributed by atoms with Gasteiger partial charge >= 0.3 is 11.9 Å². The van der Waals surface area contributed by atoms with Crippen LogP contribution in [0.1, 0.15) is 11.5 Å². The molecule has 0 spiro atoms. The summed E-state index contributed by atoms with van der Waals surface area (Å²) in [6, 6.07) is 15.6. The van der Waals surface area contributed by atoms with Crippen LogP contribution in [0.2, 0.25) is 5.02 Å². The van der Waals surface area contributed by atoms with Crippen LogP contribution >= 0.6 is 24.2 Å². The fourth-order valence-corrected chi connectivity index (χ4v) is 4.01. The van der Waals surface area contributed by atoms with E-state index in [0.29, 0.717) is 21.2 Å². The number of thiol groups is 1. The van der Waals surface area contributed by atoms with Gasteiger partial charge in [-0.25, -0.2) is 9.59 Å². The molecule has 2 aromatic rings. The second-order valence-electron chi connectivity index (χ2n) is 6.47. The van der Waals surface area contributed by atoms with E-state index in [1.165, 1.54) is 19.1 Å². The number of hydrogen-bond acceptors (Lipinski definition) is 8. The molecule has 31 heavy (non-hydrogen) atoms. The van der Waals surface area contributed by atoms with Crippen molar-refractivity contribution in [2.75, 3.05) is 19.1 Å². The number of benzene rings is 2. The Morgan fingerprint density at radius 3 is 2.32 bits per heavy atom. The number of nitrogens with two attached hydrogens (primary N) is 1. The highest BCUT2D eigenvalue weighted by atomic mass is 35.5. The summed E-state index contributed by atoms with van der Waals surface area (Å²) in [6.45, 7) is 0. The molecule has 0 bridgehead atoms. The summed E-state index contributed by atoms with van der Waals surface area (Å²) in [5.41, 5.74) is 7.16. The van der Waals surface area contributed by atoms with Crippen molar-refractivity contribution in [2.24, 2.45) is 5.73 Å². The first kappa shape index (κ1) is 22.3. The third-order valence-electron chi connectivity index (χ3n) is 4.79. The van der Waals surface area contributed by atoms with Crippen molar-refractivity contribution in [1.82, 2.24) is 0 Å². The van der Waals surface area contributed by atoms with Gasteiger partial charge in [-0.1, -0.05) is 41.9 Å².